The van der Waals surface area contributed by atoms with Gasteiger partial charge in [0.05, 0.1) is 11.3 Å². The molecule has 1 heterocycles. The minimum absolute atomic E-state index is 0.0337. The highest BCUT2D eigenvalue weighted by atomic mass is 35.5. The van der Waals surface area contributed by atoms with Gasteiger partial charge < -0.3 is 10.5 Å². The number of anilines is 1. The molecule has 0 fully saturated rings. The highest BCUT2D eigenvalue weighted by molar-refractivity contribution is 6.28. The maximum Gasteiger partial charge on any atom is 0.419 e. The number of nitrogens with zero attached hydrogens (tertiary/aromatic N) is 2. The lowest BCUT2D eigenvalue weighted by molar-refractivity contribution is -0.138. The smallest absolute Gasteiger partial charge is 0.419 e. The van der Waals surface area contributed by atoms with E-state index in [4.69, 9.17) is 22.1 Å². The Labute approximate surface area is 117 Å². The monoisotopic (exact) mass is 303 g/mol. The molecular formula is C12H9ClF3N3O. The first-order chi connectivity index (χ1) is 9.29. The zero-order valence-corrected chi connectivity index (χ0v) is 11.0. The van der Waals surface area contributed by atoms with Crippen molar-refractivity contribution in [2.45, 2.75) is 13.1 Å². The molecule has 2 aromatic rings. The number of nitrogen functional groups attached to an aromatic ring is 1. The molecule has 0 aliphatic carbocycles. The molecule has 8 heteroatoms. The lowest BCUT2D eigenvalue weighted by Gasteiger charge is -2.14. The number of hydrogen-bond donors (Lipinski definition) is 1. The van der Waals surface area contributed by atoms with Crippen LogP contribution < -0.4 is 10.5 Å². The molecule has 2 N–H and O–H groups in total. The van der Waals surface area contributed by atoms with E-state index < -0.39 is 17.5 Å². The van der Waals surface area contributed by atoms with Crippen LogP contribution in [-0.4, -0.2) is 9.97 Å². The van der Waals surface area contributed by atoms with Gasteiger partial charge in [-0.15, -0.1) is 0 Å². The van der Waals surface area contributed by atoms with Crippen molar-refractivity contribution in [3.63, 3.8) is 0 Å². The van der Waals surface area contributed by atoms with Crippen molar-refractivity contribution < 1.29 is 17.9 Å². The topological polar surface area (TPSA) is 61.0 Å². The molecule has 0 aliphatic heterocycles. The van der Waals surface area contributed by atoms with Gasteiger partial charge in [0, 0.05) is 0 Å². The van der Waals surface area contributed by atoms with Crippen LogP contribution in [0, 0.1) is 6.92 Å². The van der Waals surface area contributed by atoms with Crippen molar-refractivity contribution in [3.05, 3.63) is 40.8 Å². The molecule has 0 aliphatic rings. The van der Waals surface area contributed by atoms with Crippen molar-refractivity contribution in [3.8, 4) is 11.6 Å². The van der Waals surface area contributed by atoms with Crippen molar-refractivity contribution >= 4 is 17.3 Å². The first-order valence-electron chi connectivity index (χ1n) is 5.42. The van der Waals surface area contributed by atoms with Crippen LogP contribution in [0.2, 0.25) is 5.28 Å². The predicted molar refractivity (Wildman–Crippen MR) is 67.7 cm³/mol. The summed E-state index contributed by atoms with van der Waals surface area (Å²) in [6.07, 6.45) is -4.54. The predicted octanol–water partition coefficient (Wildman–Crippen LogP) is 3.83. The third kappa shape index (κ3) is 2.93. The summed E-state index contributed by atoms with van der Waals surface area (Å²) in [5, 5.41) is -0.156. The van der Waals surface area contributed by atoms with Gasteiger partial charge >= 0.3 is 6.18 Å². The number of para-hydroxylation sites is 1. The Bertz CT molecular complexity index is 646. The standard InChI is InChI=1S/C12H9ClF3N3O/c1-6-9(17)10(19-11(13)18-6)20-8-5-3-2-4-7(8)12(14,15)16/h2-5H,17H2,1H3. The number of halogens is 4. The van der Waals surface area contributed by atoms with E-state index >= 15 is 0 Å². The number of ether oxygens (including phenoxy) is 1. The minimum Gasteiger partial charge on any atom is -0.436 e. The van der Waals surface area contributed by atoms with Crippen molar-refractivity contribution in [1.82, 2.24) is 9.97 Å². The number of rotatable bonds is 2. The third-order valence-corrected chi connectivity index (χ3v) is 2.64. The fraction of sp³-hybridized carbons (Fsp3) is 0.167. The van der Waals surface area contributed by atoms with Crippen LogP contribution in [-0.2, 0) is 6.18 Å². The molecule has 106 valence electrons. The van der Waals surface area contributed by atoms with Crippen molar-refractivity contribution in [1.29, 1.82) is 0 Å². The summed E-state index contributed by atoms with van der Waals surface area (Å²) in [6.45, 7) is 1.55. The zero-order chi connectivity index (χ0) is 14.9. The molecule has 0 saturated heterocycles. The Morgan fingerprint density at radius 3 is 2.50 bits per heavy atom. The summed E-state index contributed by atoms with van der Waals surface area (Å²) >= 11 is 5.64. The van der Waals surface area contributed by atoms with Crippen LogP contribution in [0.1, 0.15) is 11.3 Å². The summed E-state index contributed by atoms with van der Waals surface area (Å²) in [7, 11) is 0. The Hall–Kier alpha value is -2.02. The van der Waals surface area contributed by atoms with Gasteiger partial charge in [0.25, 0.3) is 0 Å². The molecule has 0 spiro atoms. The fourth-order valence-electron chi connectivity index (χ4n) is 1.49. The van der Waals surface area contributed by atoms with E-state index in [-0.39, 0.29) is 16.9 Å². The molecule has 0 atom stereocenters. The number of aryl methyl sites for hydroxylation is 1. The molecule has 1 aromatic heterocycles. The fourth-order valence-corrected chi connectivity index (χ4v) is 1.70. The summed E-state index contributed by atoms with van der Waals surface area (Å²) in [6, 6.07) is 4.75. The second-order valence-electron chi connectivity index (χ2n) is 3.89. The lowest BCUT2D eigenvalue weighted by atomic mass is 10.2. The van der Waals surface area contributed by atoms with Crippen LogP contribution in [0.4, 0.5) is 18.9 Å². The van der Waals surface area contributed by atoms with Gasteiger partial charge in [-0.25, -0.2) is 4.98 Å². The van der Waals surface area contributed by atoms with Crippen LogP contribution in [0.5, 0.6) is 11.6 Å². The minimum atomic E-state index is -4.54. The second-order valence-corrected chi connectivity index (χ2v) is 4.23. The quantitative estimate of drug-likeness (QED) is 0.856. The Morgan fingerprint density at radius 1 is 1.20 bits per heavy atom. The first-order valence-corrected chi connectivity index (χ1v) is 5.80. The lowest BCUT2D eigenvalue weighted by Crippen LogP contribution is -2.08. The molecular weight excluding hydrogens is 295 g/mol. The van der Waals surface area contributed by atoms with Crippen molar-refractivity contribution in [2.24, 2.45) is 0 Å². The maximum atomic E-state index is 12.8. The van der Waals surface area contributed by atoms with E-state index in [1.165, 1.54) is 18.2 Å². The average molecular weight is 304 g/mol. The second kappa shape index (κ2) is 5.16. The van der Waals surface area contributed by atoms with E-state index in [2.05, 4.69) is 9.97 Å². The van der Waals surface area contributed by atoms with Crippen LogP contribution in [0.15, 0.2) is 24.3 Å². The summed E-state index contributed by atoms with van der Waals surface area (Å²) in [5.74, 6) is -0.611. The molecule has 0 radical (unpaired) electrons. The molecule has 0 amide bonds. The highest BCUT2D eigenvalue weighted by Crippen LogP contribution is 2.38. The Balaban J connectivity index is 2.46. The summed E-state index contributed by atoms with van der Waals surface area (Å²) < 4.78 is 43.7. The average Bonchev–Trinajstić information content (AvgIpc) is 2.34. The number of alkyl halides is 3. The third-order valence-electron chi connectivity index (χ3n) is 2.47. The molecule has 2 rings (SSSR count). The van der Waals surface area contributed by atoms with Gasteiger partial charge in [-0.1, -0.05) is 12.1 Å². The molecule has 4 nitrogen and oxygen atoms in total. The SMILES string of the molecule is Cc1nc(Cl)nc(Oc2ccccc2C(F)(F)F)c1N. The van der Waals surface area contributed by atoms with E-state index in [1.807, 2.05) is 0 Å². The molecule has 20 heavy (non-hydrogen) atoms. The molecule has 1 aromatic carbocycles. The van der Waals surface area contributed by atoms with E-state index in [9.17, 15) is 13.2 Å². The van der Waals surface area contributed by atoms with Gasteiger partial charge in [-0.2, -0.15) is 18.2 Å². The van der Waals surface area contributed by atoms with E-state index in [0.29, 0.717) is 5.69 Å². The molecule has 0 bridgehead atoms. The van der Waals surface area contributed by atoms with Crippen LogP contribution >= 0.6 is 11.6 Å². The zero-order valence-electron chi connectivity index (χ0n) is 10.2. The maximum absolute atomic E-state index is 12.8. The first kappa shape index (κ1) is 14.4. The Morgan fingerprint density at radius 2 is 1.85 bits per heavy atom. The normalized spacial score (nSPS) is 11.4. The van der Waals surface area contributed by atoms with E-state index in [0.717, 1.165) is 6.07 Å². The van der Waals surface area contributed by atoms with Gasteiger partial charge in [-0.05, 0) is 30.7 Å². The highest BCUT2D eigenvalue weighted by Gasteiger charge is 2.34. The summed E-state index contributed by atoms with van der Waals surface area (Å²) in [5.41, 5.74) is 5.10. The summed E-state index contributed by atoms with van der Waals surface area (Å²) in [4.78, 5) is 7.47. The van der Waals surface area contributed by atoms with Gasteiger partial charge in [-0.3, -0.25) is 0 Å². The number of hydrogen-bond acceptors (Lipinski definition) is 4. The molecule has 0 unspecified atom stereocenters. The van der Waals surface area contributed by atoms with Crippen LogP contribution in [0.3, 0.4) is 0 Å². The number of aromatic nitrogens is 2. The van der Waals surface area contributed by atoms with Gasteiger partial charge in [0.2, 0.25) is 11.2 Å². The largest absolute Gasteiger partial charge is 0.436 e. The van der Waals surface area contributed by atoms with Crippen LogP contribution in [0.25, 0.3) is 0 Å². The van der Waals surface area contributed by atoms with Crippen molar-refractivity contribution in [2.75, 3.05) is 5.73 Å². The Kier molecular flexibility index (Phi) is 3.71. The number of nitrogens with two attached hydrogens (primary N) is 1. The molecule has 0 saturated carbocycles. The van der Waals surface area contributed by atoms with E-state index in [1.54, 1.807) is 6.92 Å². The van der Waals surface area contributed by atoms with Gasteiger partial charge in [0.15, 0.2) is 0 Å². The number of benzene rings is 1. The van der Waals surface area contributed by atoms with Gasteiger partial charge in [0.1, 0.15) is 11.4 Å².